The maximum absolute atomic E-state index is 12.5. The summed E-state index contributed by atoms with van der Waals surface area (Å²) in [5.74, 6) is -1.87. The summed E-state index contributed by atoms with van der Waals surface area (Å²) in [4.78, 5) is 7.11. The van der Waals surface area contributed by atoms with Gasteiger partial charge >= 0.3 is 6.18 Å². The molecule has 106 valence electrons. The summed E-state index contributed by atoms with van der Waals surface area (Å²) in [6.45, 7) is 0. The molecule has 2 aromatic heterocycles. The summed E-state index contributed by atoms with van der Waals surface area (Å²) in [5, 5.41) is 10.5. The molecule has 0 aliphatic carbocycles. The molecule has 2 rings (SSSR count). The molecule has 0 aliphatic heterocycles. The summed E-state index contributed by atoms with van der Waals surface area (Å²) in [5.41, 5.74) is -0.592. The average molecular weight is 284 g/mol. The van der Waals surface area contributed by atoms with Crippen molar-refractivity contribution in [2.45, 2.75) is 12.0 Å². The van der Waals surface area contributed by atoms with E-state index in [9.17, 15) is 18.3 Å². The molecule has 0 amide bonds. The van der Waals surface area contributed by atoms with Crippen LogP contribution in [-0.4, -0.2) is 22.2 Å². The van der Waals surface area contributed by atoms with Gasteiger partial charge < -0.3 is 9.84 Å². The van der Waals surface area contributed by atoms with Gasteiger partial charge in [0.05, 0.1) is 0 Å². The van der Waals surface area contributed by atoms with Gasteiger partial charge in [0.1, 0.15) is 5.69 Å². The van der Waals surface area contributed by atoms with Gasteiger partial charge in [0.25, 0.3) is 0 Å². The molecule has 2 heterocycles. The van der Waals surface area contributed by atoms with Crippen LogP contribution < -0.4 is 0 Å². The Bertz CT molecular complexity index is 572. The molecule has 0 saturated carbocycles. The first-order valence-electron chi connectivity index (χ1n) is 5.59. The highest BCUT2D eigenvalue weighted by molar-refractivity contribution is 5.31. The Balaban J connectivity index is 2.43. The first kappa shape index (κ1) is 14.4. The maximum Gasteiger partial charge on any atom is 0.433 e. The van der Waals surface area contributed by atoms with Crippen LogP contribution in [0.5, 0.6) is 0 Å². The first-order chi connectivity index (χ1) is 9.38. The van der Waals surface area contributed by atoms with Crippen molar-refractivity contribution in [3.05, 3.63) is 59.7 Å². The van der Waals surface area contributed by atoms with Crippen LogP contribution in [0.4, 0.5) is 13.2 Å². The molecule has 7 heteroatoms. The highest BCUT2D eigenvalue weighted by Crippen LogP contribution is 2.32. The number of pyridine rings is 2. The number of rotatable bonds is 3. The van der Waals surface area contributed by atoms with Gasteiger partial charge in [0, 0.05) is 36.8 Å². The van der Waals surface area contributed by atoms with Gasteiger partial charge in [-0.15, -0.1) is 0 Å². The third-order valence-corrected chi connectivity index (χ3v) is 2.81. The Kier molecular flexibility index (Phi) is 3.74. The molecule has 2 aromatic rings. The predicted octanol–water partition coefficient (Wildman–Crippen LogP) is 2.34. The number of alkyl halides is 3. The van der Waals surface area contributed by atoms with E-state index >= 15 is 0 Å². The monoisotopic (exact) mass is 284 g/mol. The molecule has 1 atom stereocenters. The van der Waals surface area contributed by atoms with Gasteiger partial charge in [-0.1, -0.05) is 0 Å². The summed E-state index contributed by atoms with van der Waals surface area (Å²) in [6.07, 6.45) is -0.708. The number of hydrogen-bond acceptors (Lipinski definition) is 4. The largest absolute Gasteiger partial charge is 0.433 e. The van der Waals surface area contributed by atoms with Crippen molar-refractivity contribution in [2.24, 2.45) is 0 Å². The zero-order valence-electron chi connectivity index (χ0n) is 10.4. The molecule has 0 bridgehead atoms. The highest BCUT2D eigenvalue weighted by Gasteiger charge is 2.35. The van der Waals surface area contributed by atoms with Crippen LogP contribution in [0.3, 0.4) is 0 Å². The number of aromatic nitrogens is 2. The number of nitrogens with zero attached hydrogens (tertiary/aromatic N) is 2. The van der Waals surface area contributed by atoms with E-state index in [4.69, 9.17) is 4.74 Å². The Labute approximate surface area is 112 Å². The summed E-state index contributed by atoms with van der Waals surface area (Å²) in [6, 6.07) is 4.92. The van der Waals surface area contributed by atoms with Crippen molar-refractivity contribution < 1.29 is 23.0 Å². The number of hydrogen-bond donors (Lipinski definition) is 1. The molecule has 0 spiro atoms. The van der Waals surface area contributed by atoms with Crippen molar-refractivity contribution in [1.82, 2.24) is 9.97 Å². The molecule has 0 aromatic carbocycles. The normalized spacial score (nSPS) is 14.8. The SMILES string of the molecule is COC(O)(c1ccncc1)c1ccc(C(F)(F)F)nc1. The molecular weight excluding hydrogens is 273 g/mol. The smallest absolute Gasteiger partial charge is 0.358 e. The average Bonchev–Trinajstić information content (AvgIpc) is 2.46. The van der Waals surface area contributed by atoms with Gasteiger partial charge in [0.2, 0.25) is 5.79 Å². The molecular formula is C13H11F3N2O2. The number of halogens is 3. The van der Waals surface area contributed by atoms with Crippen LogP contribution in [0.15, 0.2) is 42.9 Å². The van der Waals surface area contributed by atoms with Gasteiger partial charge in [0.15, 0.2) is 0 Å². The number of aliphatic hydroxyl groups is 1. The maximum atomic E-state index is 12.5. The Morgan fingerprint density at radius 1 is 1.05 bits per heavy atom. The van der Waals surface area contributed by atoms with E-state index in [1.54, 1.807) is 0 Å². The first-order valence-corrected chi connectivity index (χ1v) is 5.59. The van der Waals surface area contributed by atoms with E-state index in [1.807, 2.05) is 0 Å². The third-order valence-electron chi connectivity index (χ3n) is 2.81. The van der Waals surface area contributed by atoms with Gasteiger partial charge in [-0.3, -0.25) is 9.97 Å². The minimum Gasteiger partial charge on any atom is -0.358 e. The fourth-order valence-electron chi connectivity index (χ4n) is 1.74. The van der Waals surface area contributed by atoms with Gasteiger partial charge in [-0.2, -0.15) is 13.2 Å². The molecule has 0 fully saturated rings. The van der Waals surface area contributed by atoms with Crippen molar-refractivity contribution in [3.8, 4) is 0 Å². The minimum absolute atomic E-state index is 0.0965. The van der Waals surface area contributed by atoms with Crippen LogP contribution in [0.2, 0.25) is 0 Å². The topological polar surface area (TPSA) is 55.2 Å². The van der Waals surface area contributed by atoms with Crippen LogP contribution in [-0.2, 0) is 16.7 Å². The van der Waals surface area contributed by atoms with E-state index in [-0.39, 0.29) is 5.56 Å². The number of ether oxygens (including phenoxy) is 1. The van der Waals surface area contributed by atoms with Crippen molar-refractivity contribution in [2.75, 3.05) is 7.11 Å². The van der Waals surface area contributed by atoms with Gasteiger partial charge in [-0.25, -0.2) is 0 Å². The van der Waals surface area contributed by atoms with Crippen LogP contribution in [0.1, 0.15) is 16.8 Å². The molecule has 20 heavy (non-hydrogen) atoms. The Hall–Kier alpha value is -1.99. The van der Waals surface area contributed by atoms with E-state index in [0.717, 1.165) is 18.3 Å². The lowest BCUT2D eigenvalue weighted by Gasteiger charge is -2.27. The highest BCUT2D eigenvalue weighted by atomic mass is 19.4. The van der Waals surface area contributed by atoms with Crippen LogP contribution >= 0.6 is 0 Å². The van der Waals surface area contributed by atoms with Crippen molar-refractivity contribution in [3.63, 3.8) is 0 Å². The summed E-state index contributed by atoms with van der Waals surface area (Å²) >= 11 is 0. The lowest BCUT2D eigenvalue weighted by molar-refractivity contribution is -0.160. The van der Waals surface area contributed by atoms with Crippen LogP contribution in [0.25, 0.3) is 0 Å². The number of methoxy groups -OCH3 is 1. The molecule has 0 saturated heterocycles. The molecule has 1 N–H and O–H groups in total. The standard InChI is InChI=1S/C13H11F3N2O2/c1-20-12(19,9-4-6-17-7-5-9)10-2-3-11(18-8-10)13(14,15)16/h2-8,19H,1H3. The summed E-state index contributed by atoms with van der Waals surface area (Å²) < 4.78 is 42.4. The van der Waals surface area contributed by atoms with E-state index in [1.165, 1.54) is 31.6 Å². The van der Waals surface area contributed by atoms with Crippen LogP contribution in [0, 0.1) is 0 Å². The molecule has 4 nitrogen and oxygen atoms in total. The second-order valence-corrected chi connectivity index (χ2v) is 4.01. The molecule has 0 radical (unpaired) electrons. The van der Waals surface area contributed by atoms with Gasteiger partial charge in [-0.05, 0) is 24.3 Å². The summed E-state index contributed by atoms with van der Waals surface area (Å²) in [7, 11) is 1.25. The Morgan fingerprint density at radius 3 is 2.15 bits per heavy atom. The van der Waals surface area contributed by atoms with E-state index in [2.05, 4.69) is 9.97 Å². The third kappa shape index (κ3) is 2.63. The second-order valence-electron chi connectivity index (χ2n) is 4.01. The van der Waals surface area contributed by atoms with E-state index in [0.29, 0.717) is 5.56 Å². The molecule has 0 aliphatic rings. The quantitative estimate of drug-likeness (QED) is 0.879. The predicted molar refractivity (Wildman–Crippen MR) is 63.5 cm³/mol. The fraction of sp³-hybridized carbons (Fsp3) is 0.231. The second kappa shape index (κ2) is 5.18. The zero-order chi connectivity index (χ0) is 14.8. The lowest BCUT2D eigenvalue weighted by Crippen LogP contribution is -2.30. The van der Waals surface area contributed by atoms with E-state index < -0.39 is 17.7 Å². The fourth-order valence-corrected chi connectivity index (χ4v) is 1.74. The lowest BCUT2D eigenvalue weighted by atomic mass is 9.99. The molecule has 1 unspecified atom stereocenters. The van der Waals surface area contributed by atoms with Crippen molar-refractivity contribution >= 4 is 0 Å². The Morgan fingerprint density at radius 2 is 1.70 bits per heavy atom. The van der Waals surface area contributed by atoms with Crippen molar-refractivity contribution in [1.29, 1.82) is 0 Å². The minimum atomic E-state index is -4.53. The zero-order valence-corrected chi connectivity index (χ0v) is 10.4.